The third kappa shape index (κ3) is 4.20. The molecule has 2 N–H and O–H groups in total. The highest BCUT2D eigenvalue weighted by Gasteiger charge is 2.44. The Labute approximate surface area is 196 Å². The topological polar surface area (TPSA) is 113 Å². The fourth-order valence-electron chi connectivity index (χ4n) is 4.67. The first-order valence-corrected chi connectivity index (χ1v) is 11.4. The maximum atomic E-state index is 13.6. The smallest absolute Gasteiger partial charge is 0.295 e. The average Bonchev–Trinajstić information content (AvgIpc) is 3.12. The molecule has 9 heteroatoms. The second-order valence-corrected chi connectivity index (χ2v) is 8.54. The molecule has 34 heavy (non-hydrogen) atoms. The van der Waals surface area contributed by atoms with Crippen molar-refractivity contribution in [3.8, 4) is 17.2 Å². The summed E-state index contributed by atoms with van der Waals surface area (Å²) in [5.74, 6) is -1.11. The lowest BCUT2D eigenvalue weighted by molar-refractivity contribution is -0.907. The number of aromatic hydroxyl groups is 1. The lowest BCUT2D eigenvalue weighted by Gasteiger charge is -2.30. The fraction of sp³-hybridized carbons (Fsp3) is 0.360. The molecule has 0 aromatic heterocycles. The zero-order chi connectivity index (χ0) is 23.7. The van der Waals surface area contributed by atoms with Gasteiger partial charge in [0.05, 0.1) is 32.3 Å². The monoisotopic (exact) mass is 466 g/mol. The standard InChI is InChI=1S/C25H26N2O7/c28-18-3-1-2-16(14-18)22-21(23(29)17-4-5-19-20(15-17)34-13-12-33-19)24(30)25(31)27(22)7-6-26-8-10-32-11-9-26/h1-5,14-15,22,28-29H,6-13H2/b23-21+. The molecule has 178 valence electrons. The number of hydrogen-bond acceptors (Lipinski definition) is 7. The van der Waals surface area contributed by atoms with Crippen LogP contribution in [0.4, 0.5) is 0 Å². The van der Waals surface area contributed by atoms with Crippen LogP contribution in [0.5, 0.6) is 17.2 Å². The number of phenolic OH excluding ortho intramolecular Hbond substituents is 1. The number of fused-ring (bicyclic) bond motifs is 1. The van der Waals surface area contributed by atoms with E-state index in [1.54, 1.807) is 30.3 Å². The van der Waals surface area contributed by atoms with Crippen LogP contribution in [0.15, 0.2) is 48.0 Å². The van der Waals surface area contributed by atoms with E-state index in [4.69, 9.17) is 14.2 Å². The maximum Gasteiger partial charge on any atom is 0.295 e. The number of ether oxygens (including phenoxy) is 3. The molecule has 2 aromatic rings. The Bertz CT molecular complexity index is 1140. The number of likely N-dealkylation sites (tertiary alicyclic amines) is 1. The van der Waals surface area contributed by atoms with Crippen LogP contribution < -0.4 is 19.5 Å². The third-order valence-electron chi connectivity index (χ3n) is 6.43. The summed E-state index contributed by atoms with van der Waals surface area (Å²) in [5, 5.41) is 23.7. The number of morpholine rings is 1. The molecule has 3 aliphatic rings. The Hall–Kier alpha value is -3.56. The van der Waals surface area contributed by atoms with E-state index in [2.05, 4.69) is 0 Å². The van der Waals surface area contributed by atoms with Gasteiger partial charge in [-0.25, -0.2) is 0 Å². The van der Waals surface area contributed by atoms with Crippen LogP contribution in [0.1, 0.15) is 17.2 Å². The van der Waals surface area contributed by atoms with E-state index in [1.165, 1.54) is 21.9 Å². The Balaban J connectivity index is 1.54. The van der Waals surface area contributed by atoms with E-state index < -0.39 is 23.5 Å². The van der Waals surface area contributed by atoms with Crippen LogP contribution in [0.25, 0.3) is 5.76 Å². The average molecular weight is 466 g/mol. The molecule has 5 rings (SSSR count). The second-order valence-electron chi connectivity index (χ2n) is 8.54. The van der Waals surface area contributed by atoms with Gasteiger partial charge in [0.15, 0.2) is 11.5 Å². The number of carbonyl (C=O) groups excluding carboxylic acids is 2. The number of phenols is 1. The number of ketones is 1. The van der Waals surface area contributed by atoms with E-state index in [0.29, 0.717) is 56.6 Å². The zero-order valence-corrected chi connectivity index (χ0v) is 18.6. The highest BCUT2D eigenvalue weighted by molar-refractivity contribution is 6.46. The van der Waals surface area contributed by atoms with Crippen LogP contribution in [-0.2, 0) is 14.3 Å². The van der Waals surface area contributed by atoms with Crippen molar-refractivity contribution in [2.24, 2.45) is 0 Å². The number of nitrogens with one attached hydrogen (secondary N) is 1. The number of amides is 1. The number of carbonyl (C=O) groups is 2. The summed E-state index contributed by atoms with van der Waals surface area (Å²) < 4.78 is 16.5. The molecule has 1 unspecified atom stereocenters. The van der Waals surface area contributed by atoms with Gasteiger partial charge in [-0.3, -0.25) is 9.59 Å². The van der Waals surface area contributed by atoms with Gasteiger partial charge in [0.25, 0.3) is 5.91 Å². The first-order chi connectivity index (χ1) is 16.5. The van der Waals surface area contributed by atoms with Gasteiger partial charge in [0, 0.05) is 5.57 Å². The summed E-state index contributed by atoms with van der Waals surface area (Å²) in [7, 11) is 0. The van der Waals surface area contributed by atoms with Gasteiger partial charge in [-0.15, -0.1) is 0 Å². The van der Waals surface area contributed by atoms with Gasteiger partial charge < -0.3 is 34.2 Å². The second kappa shape index (κ2) is 9.36. The van der Waals surface area contributed by atoms with Crippen molar-refractivity contribution in [2.75, 3.05) is 52.6 Å². The van der Waals surface area contributed by atoms with Crippen molar-refractivity contribution in [3.63, 3.8) is 0 Å². The van der Waals surface area contributed by atoms with Crippen molar-refractivity contribution in [3.05, 3.63) is 59.2 Å². The van der Waals surface area contributed by atoms with E-state index in [1.807, 2.05) is 0 Å². The first-order valence-electron chi connectivity index (χ1n) is 11.4. The summed E-state index contributed by atoms with van der Waals surface area (Å²) in [5.41, 5.74) is 0.632. The van der Waals surface area contributed by atoms with Gasteiger partial charge in [0.2, 0.25) is 5.78 Å². The molecule has 0 bridgehead atoms. The van der Waals surface area contributed by atoms with Crippen LogP contribution in [-0.4, -0.2) is 74.3 Å². The molecule has 0 spiro atoms. The number of Topliss-reactive ketones (excluding diaryl/α,β-unsaturated/α-hetero) is 1. The fourth-order valence-corrected chi connectivity index (χ4v) is 4.67. The van der Waals surface area contributed by atoms with Gasteiger partial charge in [-0.1, -0.05) is 24.0 Å². The molecule has 3 aliphatic heterocycles. The summed E-state index contributed by atoms with van der Waals surface area (Å²) in [4.78, 5) is 29.0. The summed E-state index contributed by atoms with van der Waals surface area (Å²) >= 11 is 0. The zero-order valence-electron chi connectivity index (χ0n) is 18.6. The highest BCUT2D eigenvalue weighted by atomic mass is 16.6. The van der Waals surface area contributed by atoms with Gasteiger partial charge in [-0.2, -0.15) is 0 Å². The van der Waals surface area contributed by atoms with Crippen LogP contribution in [0.3, 0.4) is 0 Å². The highest BCUT2D eigenvalue weighted by Crippen LogP contribution is 2.40. The van der Waals surface area contributed by atoms with E-state index >= 15 is 0 Å². The van der Waals surface area contributed by atoms with Crippen molar-refractivity contribution in [2.45, 2.75) is 6.04 Å². The van der Waals surface area contributed by atoms with Gasteiger partial charge >= 0.3 is 0 Å². The minimum absolute atomic E-state index is 0.00539. The predicted octanol–water partition coefficient (Wildman–Crippen LogP) is -0.697. The summed E-state index contributed by atoms with van der Waals surface area (Å²) in [6.07, 6.45) is 0. The quantitative estimate of drug-likeness (QED) is 0.341. The van der Waals surface area contributed by atoms with Crippen LogP contribution in [0, 0.1) is 0 Å². The number of quaternary nitrogens is 1. The minimum atomic E-state index is -0.881. The molecule has 3 heterocycles. The molecule has 1 atom stereocenters. The van der Waals surface area contributed by atoms with Gasteiger partial charge in [-0.05, 0) is 35.4 Å². The van der Waals surface area contributed by atoms with Crippen molar-refractivity contribution in [1.29, 1.82) is 0 Å². The molecule has 9 nitrogen and oxygen atoms in total. The largest absolute Gasteiger partial charge is 0.872 e. The molecule has 0 radical (unpaired) electrons. The number of rotatable bonds is 5. The summed E-state index contributed by atoms with van der Waals surface area (Å²) in [6, 6.07) is 10.2. The summed E-state index contributed by atoms with van der Waals surface area (Å²) in [6.45, 7) is 4.66. The molecule has 0 saturated carbocycles. The Morgan fingerprint density at radius 2 is 1.79 bits per heavy atom. The SMILES string of the molecule is O=C1C(=O)N(CC[NH+]2CCOCC2)C(c2cccc(O)c2)/C1=C(\[O-])c1ccc2c(c1)OCCO2. The first kappa shape index (κ1) is 22.2. The van der Waals surface area contributed by atoms with E-state index in [0.717, 1.165) is 13.1 Å². The Morgan fingerprint density at radius 1 is 1.03 bits per heavy atom. The maximum absolute atomic E-state index is 13.6. The number of benzene rings is 2. The lowest BCUT2D eigenvalue weighted by atomic mass is 9.95. The van der Waals surface area contributed by atoms with Gasteiger partial charge in [0.1, 0.15) is 32.1 Å². The number of hydrogen-bond donors (Lipinski definition) is 2. The minimum Gasteiger partial charge on any atom is -0.872 e. The molecular weight excluding hydrogens is 440 g/mol. The Morgan fingerprint density at radius 3 is 2.56 bits per heavy atom. The molecule has 1 amide bonds. The lowest BCUT2D eigenvalue weighted by Crippen LogP contribution is -3.14. The predicted molar refractivity (Wildman–Crippen MR) is 118 cm³/mol. The number of nitrogens with zero attached hydrogens (tertiary/aromatic N) is 1. The molecule has 2 aromatic carbocycles. The molecular formula is C25H26N2O7. The van der Waals surface area contributed by atoms with E-state index in [-0.39, 0.29) is 16.9 Å². The normalized spacial score (nSPS) is 22.2. The van der Waals surface area contributed by atoms with Crippen molar-refractivity contribution < 1.29 is 38.9 Å². The van der Waals surface area contributed by atoms with E-state index in [9.17, 15) is 19.8 Å². The van der Waals surface area contributed by atoms with Crippen molar-refractivity contribution in [1.82, 2.24) is 4.90 Å². The third-order valence-corrected chi connectivity index (χ3v) is 6.43. The van der Waals surface area contributed by atoms with Crippen LogP contribution in [0.2, 0.25) is 0 Å². The molecule has 2 saturated heterocycles. The molecule has 2 fully saturated rings. The van der Waals surface area contributed by atoms with Crippen LogP contribution >= 0.6 is 0 Å². The van der Waals surface area contributed by atoms with Crippen molar-refractivity contribution >= 4 is 17.4 Å². The Kier molecular flexibility index (Phi) is 6.12. The molecule has 0 aliphatic carbocycles.